The molecule has 182 valence electrons. The van der Waals surface area contributed by atoms with Crippen molar-refractivity contribution in [3.05, 3.63) is 72.4 Å². The molecule has 0 bridgehead atoms. The van der Waals surface area contributed by atoms with Crippen molar-refractivity contribution in [2.24, 2.45) is 0 Å². The summed E-state index contributed by atoms with van der Waals surface area (Å²) in [5, 5.41) is 3.02. The van der Waals surface area contributed by atoms with Crippen molar-refractivity contribution in [3.63, 3.8) is 0 Å². The normalized spacial score (nSPS) is 15.4. The Balaban J connectivity index is 0.00000304. The molecule has 5 rings (SSSR count). The molecule has 3 heterocycles. The first-order valence-electron chi connectivity index (χ1n) is 11.0. The fourth-order valence-electron chi connectivity index (χ4n) is 4.21. The Morgan fingerprint density at radius 1 is 1.11 bits per heavy atom. The van der Waals surface area contributed by atoms with Crippen LogP contribution in [-0.4, -0.2) is 54.3 Å². The number of hydrogen-bond acceptors (Lipinski definition) is 6. The van der Waals surface area contributed by atoms with Crippen LogP contribution in [0.5, 0.6) is 0 Å². The van der Waals surface area contributed by atoms with Crippen LogP contribution in [0.4, 0.5) is 10.8 Å². The third kappa shape index (κ3) is 4.52. The summed E-state index contributed by atoms with van der Waals surface area (Å²) in [5.74, 6) is -0.334. The van der Waals surface area contributed by atoms with Gasteiger partial charge in [0.15, 0.2) is 5.13 Å². The lowest BCUT2D eigenvalue weighted by Crippen LogP contribution is -2.53. The van der Waals surface area contributed by atoms with Gasteiger partial charge < -0.3 is 14.4 Å². The van der Waals surface area contributed by atoms with Crippen LogP contribution < -0.4 is 9.62 Å². The highest BCUT2D eigenvalue weighted by atomic mass is 32.2. The van der Waals surface area contributed by atoms with Crippen LogP contribution in [0.15, 0.2) is 77.3 Å². The van der Waals surface area contributed by atoms with Crippen molar-refractivity contribution in [2.45, 2.75) is 17.9 Å². The lowest BCUT2D eigenvalue weighted by atomic mass is 10.2. The first kappa shape index (κ1) is 23.1. The van der Waals surface area contributed by atoms with Crippen molar-refractivity contribution in [2.75, 3.05) is 29.3 Å². The van der Waals surface area contributed by atoms with E-state index in [4.69, 9.17) is 0 Å². The molecule has 4 aromatic rings. The van der Waals surface area contributed by atoms with Crippen molar-refractivity contribution >= 4 is 54.9 Å². The smallest absolute Gasteiger partial charge is 0.263 e. The van der Waals surface area contributed by atoms with Gasteiger partial charge in [0, 0.05) is 43.5 Å². The van der Waals surface area contributed by atoms with E-state index < -0.39 is 16.1 Å². The minimum Gasteiger partial charge on any atom is -0.335 e. The molecule has 1 aliphatic heterocycles. The Morgan fingerprint density at radius 3 is 2.60 bits per heavy atom. The number of thiazole rings is 1. The molecule has 11 heteroatoms. The predicted molar refractivity (Wildman–Crippen MR) is 137 cm³/mol. The lowest BCUT2D eigenvalue weighted by molar-refractivity contribution is -0.139. The second-order valence-electron chi connectivity index (χ2n) is 8.20. The fourth-order valence-corrected chi connectivity index (χ4v) is 6.00. The second kappa shape index (κ2) is 9.16. The van der Waals surface area contributed by atoms with Crippen molar-refractivity contribution < 1.29 is 19.4 Å². The first-order chi connectivity index (χ1) is 16.8. The van der Waals surface area contributed by atoms with Gasteiger partial charge in [0.2, 0.25) is 11.8 Å². The van der Waals surface area contributed by atoms with Gasteiger partial charge in [-0.05, 0) is 48.7 Å². The Labute approximate surface area is 208 Å². The summed E-state index contributed by atoms with van der Waals surface area (Å²) in [6, 6.07) is 15.5. The third-order valence-corrected chi connectivity index (χ3v) is 8.22. The van der Waals surface area contributed by atoms with E-state index in [-0.39, 0.29) is 29.8 Å². The van der Waals surface area contributed by atoms with Crippen LogP contribution in [0, 0.1) is 0 Å². The lowest BCUT2D eigenvalue weighted by Gasteiger charge is -2.35. The largest absolute Gasteiger partial charge is 0.335 e. The van der Waals surface area contributed by atoms with E-state index >= 15 is 0 Å². The molecule has 35 heavy (non-hydrogen) atoms. The molecule has 0 unspecified atom stereocenters. The molecule has 2 aromatic heterocycles. The van der Waals surface area contributed by atoms with Crippen LogP contribution in [0.1, 0.15) is 14.4 Å². The number of fused-ring (bicyclic) bond motifs is 1. The maximum atomic E-state index is 13.2. The number of anilines is 2. The van der Waals surface area contributed by atoms with E-state index in [9.17, 15) is 18.0 Å². The number of nitrogens with one attached hydrogen (secondary N) is 1. The molecular weight excluding hydrogens is 486 g/mol. The predicted octanol–water partition coefficient (Wildman–Crippen LogP) is 3.58. The zero-order valence-electron chi connectivity index (χ0n) is 18.9. The number of piperazine rings is 1. The zero-order valence-corrected chi connectivity index (χ0v) is 20.5. The second-order valence-corrected chi connectivity index (χ2v) is 10.8. The number of rotatable bonds is 6. The van der Waals surface area contributed by atoms with E-state index in [1.807, 2.05) is 48.0 Å². The summed E-state index contributed by atoms with van der Waals surface area (Å²) in [6.45, 7) is 2.52. The summed E-state index contributed by atoms with van der Waals surface area (Å²) < 4.78 is 29.4. The summed E-state index contributed by atoms with van der Waals surface area (Å²) in [5.41, 5.74) is 1.55. The van der Waals surface area contributed by atoms with E-state index in [0.717, 1.165) is 10.9 Å². The van der Waals surface area contributed by atoms with Crippen molar-refractivity contribution in [1.29, 1.82) is 0 Å². The quantitative estimate of drug-likeness (QED) is 0.426. The van der Waals surface area contributed by atoms with Crippen LogP contribution in [0.2, 0.25) is 0 Å². The molecule has 0 aliphatic carbocycles. The molecule has 1 aliphatic rings. The van der Waals surface area contributed by atoms with Crippen LogP contribution in [-0.2, 0) is 19.6 Å². The van der Waals surface area contributed by atoms with Gasteiger partial charge in [0.25, 0.3) is 10.0 Å². The Morgan fingerprint density at radius 2 is 1.89 bits per heavy atom. The number of amides is 2. The summed E-state index contributed by atoms with van der Waals surface area (Å²) in [4.78, 5) is 33.2. The van der Waals surface area contributed by atoms with E-state index in [1.54, 1.807) is 27.3 Å². The maximum absolute atomic E-state index is 13.2. The van der Waals surface area contributed by atoms with E-state index in [2.05, 4.69) is 9.71 Å². The Kier molecular flexibility index (Phi) is 6.03. The molecule has 0 radical (unpaired) electrons. The summed E-state index contributed by atoms with van der Waals surface area (Å²) in [6.07, 6.45) is 3.41. The monoisotopic (exact) mass is 511 g/mol. The SMILES string of the molecule is C[C@@H](C(=O)N1CCN(c2ccc(S(=O)(=O)Nc3nccs3)cc2)C(=O)C1)n1ccc2ccccc21.[HH]. The number of para-hydroxylation sites is 1. The molecule has 1 fully saturated rings. The average Bonchev–Trinajstić information content (AvgIpc) is 3.53. The molecular formula is C24H25N5O4S2. The van der Waals surface area contributed by atoms with Crippen molar-refractivity contribution in [3.8, 4) is 0 Å². The highest BCUT2D eigenvalue weighted by Gasteiger charge is 2.31. The summed E-state index contributed by atoms with van der Waals surface area (Å²) >= 11 is 1.19. The molecule has 0 spiro atoms. The van der Waals surface area contributed by atoms with Crippen LogP contribution in [0.25, 0.3) is 10.9 Å². The van der Waals surface area contributed by atoms with E-state index in [1.165, 1.54) is 29.7 Å². The zero-order chi connectivity index (χ0) is 24.6. The number of carbonyl (C=O) groups excluding carboxylic acids is 2. The fraction of sp³-hybridized carbons (Fsp3) is 0.208. The molecule has 1 saturated heterocycles. The number of nitrogens with zero attached hydrogens (tertiary/aromatic N) is 4. The third-order valence-electron chi connectivity index (χ3n) is 6.05. The molecule has 0 saturated carbocycles. The van der Waals surface area contributed by atoms with Gasteiger partial charge in [-0.3, -0.25) is 14.3 Å². The highest BCUT2D eigenvalue weighted by molar-refractivity contribution is 7.93. The number of sulfonamides is 1. The number of hydrogen-bond donors (Lipinski definition) is 1. The minimum atomic E-state index is -3.77. The maximum Gasteiger partial charge on any atom is 0.263 e. The van der Waals surface area contributed by atoms with E-state index in [0.29, 0.717) is 18.8 Å². The summed E-state index contributed by atoms with van der Waals surface area (Å²) in [7, 11) is -3.77. The average molecular weight is 512 g/mol. The van der Waals surface area contributed by atoms with Gasteiger partial charge >= 0.3 is 0 Å². The molecule has 2 aromatic carbocycles. The topological polar surface area (TPSA) is 105 Å². The number of aromatic nitrogens is 2. The van der Waals surface area contributed by atoms with Gasteiger partial charge in [0.05, 0.1) is 4.90 Å². The van der Waals surface area contributed by atoms with Gasteiger partial charge in [-0.2, -0.15) is 0 Å². The Bertz CT molecular complexity index is 1490. The van der Waals surface area contributed by atoms with Gasteiger partial charge in [0.1, 0.15) is 12.6 Å². The first-order valence-corrected chi connectivity index (χ1v) is 13.4. The van der Waals surface area contributed by atoms with Gasteiger partial charge in [-0.25, -0.2) is 13.4 Å². The van der Waals surface area contributed by atoms with Crippen LogP contribution in [0.3, 0.4) is 0 Å². The molecule has 2 amide bonds. The minimum absolute atomic E-state index is 0. The highest BCUT2D eigenvalue weighted by Crippen LogP contribution is 2.25. The molecule has 1 N–H and O–H groups in total. The van der Waals surface area contributed by atoms with Gasteiger partial charge in [-0.1, -0.05) is 18.2 Å². The van der Waals surface area contributed by atoms with Crippen LogP contribution >= 0.6 is 11.3 Å². The Hall–Kier alpha value is -3.70. The number of carbonyl (C=O) groups is 2. The standard InChI is InChI=1S/C24H23N5O4S2.H2/c1-17(28-12-10-18-4-2-3-5-21(18)28)23(31)27-13-14-29(22(30)16-27)19-6-8-20(9-7-19)35(32,33)26-24-25-11-15-34-24;/h2-12,15,17H,13-14,16H2,1H3,(H,25,26);1H/t17-;/m0./s1. The van der Waals surface area contributed by atoms with Crippen molar-refractivity contribution in [1.82, 2.24) is 14.5 Å². The molecule has 9 nitrogen and oxygen atoms in total. The number of benzene rings is 2. The molecule has 1 atom stereocenters. The van der Waals surface area contributed by atoms with Gasteiger partial charge in [-0.15, -0.1) is 11.3 Å².